The van der Waals surface area contributed by atoms with Crippen LogP contribution in [0.3, 0.4) is 0 Å². The van der Waals surface area contributed by atoms with Crippen molar-refractivity contribution in [2.75, 3.05) is 32.8 Å². The van der Waals surface area contributed by atoms with Crippen LogP contribution in [-0.4, -0.2) is 60.6 Å². The number of ether oxygens (including phenoxy) is 1. The summed E-state index contributed by atoms with van der Waals surface area (Å²) in [6, 6.07) is 2.24. The molecule has 1 aliphatic rings. The Balaban J connectivity index is 0.00000450. The molecule has 1 fully saturated rings. The van der Waals surface area contributed by atoms with Crippen LogP contribution in [0.1, 0.15) is 32.8 Å². The van der Waals surface area contributed by atoms with E-state index >= 15 is 0 Å². The Morgan fingerprint density at radius 3 is 2.70 bits per heavy atom. The molecule has 30 heavy (non-hydrogen) atoms. The van der Waals surface area contributed by atoms with E-state index in [0.717, 1.165) is 25.2 Å². The number of carbonyl (C=O) groups is 1. The average molecular weight is 543 g/mol. The summed E-state index contributed by atoms with van der Waals surface area (Å²) in [5, 5.41) is 6.45. The minimum Gasteiger partial charge on any atom is -0.476 e. The summed E-state index contributed by atoms with van der Waals surface area (Å²) in [4.78, 5) is 22.0. The zero-order valence-corrected chi connectivity index (χ0v) is 19.7. The molecule has 1 aromatic rings. The molecule has 0 aliphatic carbocycles. The van der Waals surface area contributed by atoms with Gasteiger partial charge in [-0.15, -0.1) is 24.0 Å². The summed E-state index contributed by atoms with van der Waals surface area (Å²) in [5.41, 5.74) is -0.817. The SMILES string of the molecule is CCNC(=NCCOc1ccc(C(F)(F)F)cn1)NC1CCN(C(=O)C(C)C)C1.I. The molecule has 7 nitrogen and oxygen atoms in total. The zero-order valence-electron chi connectivity index (χ0n) is 17.3. The number of hydrogen-bond donors (Lipinski definition) is 2. The van der Waals surface area contributed by atoms with E-state index in [0.29, 0.717) is 25.6 Å². The number of aromatic nitrogens is 1. The highest BCUT2D eigenvalue weighted by molar-refractivity contribution is 14.0. The van der Waals surface area contributed by atoms with Crippen LogP contribution in [0.15, 0.2) is 23.3 Å². The standard InChI is InChI=1S/C19H28F3N5O2.HI/c1-4-23-18(26-15-7-9-27(12-15)17(28)13(2)3)24-8-10-29-16-6-5-14(11-25-16)19(20,21)22;/h5-6,11,13,15H,4,7-10,12H2,1-3H3,(H2,23,24,26);1H. The van der Waals surface area contributed by atoms with Crippen molar-refractivity contribution in [2.24, 2.45) is 10.9 Å². The van der Waals surface area contributed by atoms with E-state index in [9.17, 15) is 18.0 Å². The first-order valence-electron chi connectivity index (χ1n) is 9.70. The van der Waals surface area contributed by atoms with Gasteiger partial charge in [-0.05, 0) is 19.4 Å². The summed E-state index contributed by atoms with van der Waals surface area (Å²) in [6.07, 6.45) is -2.83. The van der Waals surface area contributed by atoms with Gasteiger partial charge in [0.25, 0.3) is 0 Å². The van der Waals surface area contributed by atoms with Crippen LogP contribution >= 0.6 is 24.0 Å². The molecule has 0 bridgehead atoms. The second kappa shape index (κ2) is 12.2. The zero-order chi connectivity index (χ0) is 21.4. The number of halogens is 4. The van der Waals surface area contributed by atoms with E-state index in [4.69, 9.17) is 4.74 Å². The van der Waals surface area contributed by atoms with E-state index in [1.54, 1.807) is 0 Å². The smallest absolute Gasteiger partial charge is 0.417 e. The van der Waals surface area contributed by atoms with E-state index < -0.39 is 11.7 Å². The summed E-state index contributed by atoms with van der Waals surface area (Å²) in [5.74, 6) is 0.852. The average Bonchev–Trinajstić information content (AvgIpc) is 3.12. The fraction of sp³-hybridized carbons (Fsp3) is 0.632. The van der Waals surface area contributed by atoms with Gasteiger partial charge in [0, 0.05) is 43.9 Å². The minimum atomic E-state index is -4.42. The maximum atomic E-state index is 12.5. The van der Waals surface area contributed by atoms with Crippen molar-refractivity contribution in [3.05, 3.63) is 23.9 Å². The van der Waals surface area contributed by atoms with Crippen molar-refractivity contribution in [2.45, 2.75) is 39.4 Å². The molecule has 0 saturated carbocycles. The molecule has 1 aliphatic heterocycles. The van der Waals surface area contributed by atoms with Crippen LogP contribution in [0, 0.1) is 5.92 Å². The van der Waals surface area contributed by atoms with Gasteiger partial charge in [0.15, 0.2) is 5.96 Å². The maximum absolute atomic E-state index is 12.5. The Kier molecular flexibility index (Phi) is 10.6. The summed E-state index contributed by atoms with van der Waals surface area (Å²) < 4.78 is 42.9. The predicted octanol–water partition coefficient (Wildman–Crippen LogP) is 2.91. The third kappa shape index (κ3) is 8.15. The number of pyridine rings is 1. The Labute approximate surface area is 191 Å². The molecule has 2 rings (SSSR count). The molecule has 1 unspecified atom stereocenters. The Morgan fingerprint density at radius 2 is 2.13 bits per heavy atom. The van der Waals surface area contributed by atoms with Crippen molar-refractivity contribution >= 4 is 35.8 Å². The number of guanidine groups is 1. The third-order valence-corrected chi connectivity index (χ3v) is 4.35. The van der Waals surface area contributed by atoms with Gasteiger partial charge < -0.3 is 20.3 Å². The van der Waals surface area contributed by atoms with Crippen LogP contribution in [-0.2, 0) is 11.0 Å². The third-order valence-electron chi connectivity index (χ3n) is 4.35. The fourth-order valence-corrected chi connectivity index (χ4v) is 2.90. The first-order valence-corrected chi connectivity index (χ1v) is 9.70. The lowest BCUT2D eigenvalue weighted by molar-refractivity contribution is -0.138. The van der Waals surface area contributed by atoms with Crippen molar-refractivity contribution in [1.82, 2.24) is 20.5 Å². The molecule has 1 amide bonds. The molecular weight excluding hydrogens is 514 g/mol. The molecule has 170 valence electrons. The van der Waals surface area contributed by atoms with Crippen LogP contribution in [0.2, 0.25) is 0 Å². The molecule has 2 heterocycles. The molecule has 0 radical (unpaired) electrons. The summed E-state index contributed by atoms with van der Waals surface area (Å²) >= 11 is 0. The van der Waals surface area contributed by atoms with Gasteiger partial charge in [-0.3, -0.25) is 4.79 Å². The lowest BCUT2D eigenvalue weighted by Crippen LogP contribution is -2.45. The molecular formula is C19H29F3IN5O2. The van der Waals surface area contributed by atoms with Crippen LogP contribution in [0.5, 0.6) is 5.88 Å². The maximum Gasteiger partial charge on any atom is 0.417 e. The molecule has 2 N–H and O–H groups in total. The summed E-state index contributed by atoms with van der Waals surface area (Å²) in [7, 11) is 0. The number of aliphatic imine (C=N–C) groups is 1. The van der Waals surface area contributed by atoms with E-state index in [1.807, 2.05) is 25.7 Å². The molecule has 1 saturated heterocycles. The quantitative estimate of drug-likeness (QED) is 0.240. The second-order valence-electron chi connectivity index (χ2n) is 7.06. The number of rotatable bonds is 7. The molecule has 0 spiro atoms. The number of nitrogens with one attached hydrogen (secondary N) is 2. The van der Waals surface area contributed by atoms with Crippen molar-refractivity contribution in [3.63, 3.8) is 0 Å². The lowest BCUT2D eigenvalue weighted by atomic mass is 10.2. The van der Waals surface area contributed by atoms with Gasteiger partial charge in [-0.2, -0.15) is 13.2 Å². The van der Waals surface area contributed by atoms with Crippen molar-refractivity contribution in [3.8, 4) is 5.88 Å². The van der Waals surface area contributed by atoms with Gasteiger partial charge in [-0.25, -0.2) is 9.98 Å². The number of carbonyl (C=O) groups excluding carboxylic acids is 1. The number of nitrogens with zero attached hydrogens (tertiary/aromatic N) is 3. The number of amides is 1. The molecule has 0 aromatic carbocycles. The Morgan fingerprint density at radius 1 is 1.40 bits per heavy atom. The molecule has 11 heteroatoms. The van der Waals surface area contributed by atoms with E-state index in [1.165, 1.54) is 6.07 Å². The predicted molar refractivity (Wildman–Crippen MR) is 119 cm³/mol. The Bertz CT molecular complexity index is 698. The van der Waals surface area contributed by atoms with Crippen molar-refractivity contribution in [1.29, 1.82) is 0 Å². The van der Waals surface area contributed by atoms with E-state index in [2.05, 4.69) is 20.6 Å². The van der Waals surface area contributed by atoms with Crippen LogP contribution in [0.25, 0.3) is 0 Å². The normalized spacial score (nSPS) is 17.0. The first kappa shape index (κ1) is 26.2. The molecule has 1 aromatic heterocycles. The largest absolute Gasteiger partial charge is 0.476 e. The van der Waals surface area contributed by atoms with Gasteiger partial charge in [0.2, 0.25) is 11.8 Å². The highest BCUT2D eigenvalue weighted by atomic mass is 127. The second-order valence-corrected chi connectivity index (χ2v) is 7.06. The first-order chi connectivity index (χ1) is 13.7. The molecule has 1 atom stereocenters. The van der Waals surface area contributed by atoms with Crippen LogP contribution < -0.4 is 15.4 Å². The fourth-order valence-electron chi connectivity index (χ4n) is 2.90. The number of alkyl halides is 3. The lowest BCUT2D eigenvalue weighted by Gasteiger charge is -2.20. The topological polar surface area (TPSA) is 78.9 Å². The van der Waals surface area contributed by atoms with Gasteiger partial charge in [-0.1, -0.05) is 13.8 Å². The highest BCUT2D eigenvalue weighted by Crippen LogP contribution is 2.29. The van der Waals surface area contributed by atoms with Crippen LogP contribution in [0.4, 0.5) is 13.2 Å². The van der Waals surface area contributed by atoms with E-state index in [-0.39, 0.29) is 54.3 Å². The number of hydrogen-bond acceptors (Lipinski definition) is 4. The van der Waals surface area contributed by atoms with Gasteiger partial charge in [0.05, 0.1) is 12.1 Å². The number of likely N-dealkylation sites (tertiary alicyclic amines) is 1. The van der Waals surface area contributed by atoms with Gasteiger partial charge in [0.1, 0.15) is 6.61 Å². The van der Waals surface area contributed by atoms with Gasteiger partial charge >= 0.3 is 6.18 Å². The highest BCUT2D eigenvalue weighted by Gasteiger charge is 2.30. The monoisotopic (exact) mass is 543 g/mol. The Hall–Kier alpha value is -1.79. The van der Waals surface area contributed by atoms with Crippen molar-refractivity contribution < 1.29 is 22.7 Å². The minimum absolute atomic E-state index is 0. The summed E-state index contributed by atoms with van der Waals surface area (Å²) in [6.45, 7) is 8.24.